The minimum atomic E-state index is 0.0290. The Morgan fingerprint density at radius 3 is 2.69 bits per heavy atom. The Labute approximate surface area is 188 Å². The molecule has 2 N–H and O–H groups in total. The number of para-hydroxylation sites is 1. The van der Waals surface area contributed by atoms with Crippen molar-refractivity contribution >= 4 is 33.7 Å². The van der Waals surface area contributed by atoms with Gasteiger partial charge in [-0.15, -0.1) is 0 Å². The van der Waals surface area contributed by atoms with Crippen LogP contribution in [0.4, 0.5) is 11.8 Å². The van der Waals surface area contributed by atoms with Gasteiger partial charge < -0.3 is 15.5 Å². The van der Waals surface area contributed by atoms with Gasteiger partial charge in [-0.3, -0.25) is 9.67 Å². The number of anilines is 2. The summed E-state index contributed by atoms with van der Waals surface area (Å²) < 4.78 is 2.05. The van der Waals surface area contributed by atoms with E-state index in [1.54, 1.807) is 0 Å². The normalized spacial score (nSPS) is 16.4. The average molecular weight is 431 g/mol. The molecule has 0 saturated carbocycles. The zero-order chi connectivity index (χ0) is 22.1. The lowest BCUT2D eigenvalue weighted by atomic mass is 10.1. The fraction of sp³-hybridized carbons (Fsp3) is 0.417. The smallest absolute Gasteiger partial charge is 0.228 e. The predicted molar refractivity (Wildman–Crippen MR) is 129 cm³/mol. The molecule has 0 bridgehead atoms. The van der Waals surface area contributed by atoms with Crippen molar-refractivity contribution in [1.29, 1.82) is 0 Å². The van der Waals surface area contributed by atoms with Gasteiger partial charge in [-0.05, 0) is 38.0 Å². The first kappa shape index (κ1) is 20.6. The summed E-state index contributed by atoms with van der Waals surface area (Å²) in [7, 11) is 0. The minimum absolute atomic E-state index is 0.0290. The third-order valence-corrected chi connectivity index (χ3v) is 6.31. The molecule has 0 spiro atoms. The van der Waals surface area contributed by atoms with Crippen LogP contribution in [-0.2, 0) is 0 Å². The molecule has 0 amide bonds. The van der Waals surface area contributed by atoms with Gasteiger partial charge in [0.15, 0.2) is 5.82 Å². The summed E-state index contributed by atoms with van der Waals surface area (Å²) >= 11 is 0. The van der Waals surface area contributed by atoms with E-state index >= 15 is 0 Å². The Bertz CT molecular complexity index is 1230. The van der Waals surface area contributed by atoms with Crippen molar-refractivity contribution in [2.45, 2.75) is 39.3 Å². The zero-order valence-corrected chi connectivity index (χ0v) is 18.9. The van der Waals surface area contributed by atoms with Crippen LogP contribution >= 0.6 is 0 Å². The number of benzene rings is 1. The first-order valence-corrected chi connectivity index (χ1v) is 11.5. The molecule has 4 heterocycles. The fourth-order valence-electron chi connectivity index (χ4n) is 4.18. The monoisotopic (exact) mass is 430 g/mol. The number of fused-ring (bicyclic) bond motifs is 2. The highest BCUT2D eigenvalue weighted by Gasteiger charge is 2.21. The summed E-state index contributed by atoms with van der Waals surface area (Å²) in [5, 5.41) is 12.9. The topological polar surface area (TPSA) is 83.8 Å². The first-order chi connectivity index (χ1) is 15.6. The summed E-state index contributed by atoms with van der Waals surface area (Å²) in [6.45, 7) is 10.2. The average Bonchev–Trinajstić information content (AvgIpc) is 3.28. The number of pyridine rings is 1. The van der Waals surface area contributed by atoms with E-state index in [2.05, 4.69) is 58.5 Å². The van der Waals surface area contributed by atoms with Crippen molar-refractivity contribution in [3.63, 3.8) is 0 Å². The van der Waals surface area contributed by atoms with Gasteiger partial charge in [0, 0.05) is 43.8 Å². The van der Waals surface area contributed by atoms with E-state index in [4.69, 9.17) is 9.97 Å². The molecule has 2 atom stereocenters. The number of rotatable bonds is 6. The van der Waals surface area contributed by atoms with Gasteiger partial charge in [-0.25, -0.2) is 4.98 Å². The van der Waals surface area contributed by atoms with Crippen molar-refractivity contribution in [3.8, 4) is 0 Å². The van der Waals surface area contributed by atoms with E-state index in [9.17, 15) is 0 Å². The van der Waals surface area contributed by atoms with Gasteiger partial charge in [0.1, 0.15) is 11.0 Å². The van der Waals surface area contributed by atoms with E-state index < -0.39 is 0 Å². The molecule has 0 radical (unpaired) electrons. The summed E-state index contributed by atoms with van der Waals surface area (Å²) in [4.78, 5) is 16.7. The van der Waals surface area contributed by atoms with Crippen molar-refractivity contribution in [2.24, 2.45) is 0 Å². The maximum absolute atomic E-state index is 5.00. The minimum Gasteiger partial charge on any atom is -0.362 e. The molecule has 1 fully saturated rings. The second-order valence-corrected chi connectivity index (χ2v) is 8.52. The molecule has 1 aliphatic rings. The molecule has 32 heavy (non-hydrogen) atoms. The third-order valence-electron chi connectivity index (χ3n) is 6.31. The number of aromatic nitrogens is 5. The molecule has 3 aromatic heterocycles. The SMILES string of the molecule is CCC(C)n1ncc2nc(N3CCNCC3)nc(N[C@H](C)c3cnc4ccccc4c3)c21. The van der Waals surface area contributed by atoms with Gasteiger partial charge in [-0.1, -0.05) is 25.1 Å². The van der Waals surface area contributed by atoms with Crippen LogP contribution in [0, 0.1) is 0 Å². The van der Waals surface area contributed by atoms with Crippen molar-refractivity contribution in [1.82, 2.24) is 30.0 Å². The lowest BCUT2D eigenvalue weighted by molar-refractivity contribution is 0.493. The van der Waals surface area contributed by atoms with E-state index in [1.807, 2.05) is 35.3 Å². The Kier molecular flexibility index (Phi) is 5.61. The summed E-state index contributed by atoms with van der Waals surface area (Å²) in [6.07, 6.45) is 4.80. The molecular weight excluding hydrogens is 400 g/mol. The standard InChI is InChI=1S/C24H30N8/c1-4-16(2)32-22-21(15-27-32)29-24(31-11-9-25-10-12-31)30-23(22)28-17(3)19-13-18-7-5-6-8-20(18)26-14-19/h5-8,13-17,25H,4,9-12H2,1-3H3,(H,28,29,30)/t16?,17-/m1/s1. The van der Waals surface area contributed by atoms with Crippen LogP contribution in [-0.4, -0.2) is 50.9 Å². The van der Waals surface area contributed by atoms with Gasteiger partial charge >= 0.3 is 0 Å². The Morgan fingerprint density at radius 2 is 1.88 bits per heavy atom. The molecule has 8 heteroatoms. The summed E-state index contributed by atoms with van der Waals surface area (Å²) in [6, 6.07) is 10.7. The predicted octanol–water partition coefficient (Wildman–Crippen LogP) is 3.93. The molecule has 1 saturated heterocycles. The van der Waals surface area contributed by atoms with Crippen LogP contribution in [0.1, 0.15) is 44.8 Å². The lowest BCUT2D eigenvalue weighted by Gasteiger charge is -2.28. The first-order valence-electron chi connectivity index (χ1n) is 11.5. The fourth-order valence-corrected chi connectivity index (χ4v) is 4.18. The van der Waals surface area contributed by atoms with Gasteiger partial charge in [-0.2, -0.15) is 10.1 Å². The van der Waals surface area contributed by atoms with Crippen LogP contribution in [0.15, 0.2) is 42.7 Å². The highest BCUT2D eigenvalue weighted by molar-refractivity contribution is 5.87. The van der Waals surface area contributed by atoms with E-state index in [1.165, 1.54) is 0 Å². The molecule has 0 aliphatic carbocycles. The van der Waals surface area contributed by atoms with Crippen LogP contribution < -0.4 is 15.5 Å². The van der Waals surface area contributed by atoms with Gasteiger partial charge in [0.2, 0.25) is 5.95 Å². The van der Waals surface area contributed by atoms with E-state index in [0.29, 0.717) is 0 Å². The molecule has 8 nitrogen and oxygen atoms in total. The maximum atomic E-state index is 5.00. The summed E-state index contributed by atoms with van der Waals surface area (Å²) in [5.74, 6) is 1.58. The second kappa shape index (κ2) is 8.70. The number of nitrogens with one attached hydrogen (secondary N) is 2. The highest BCUT2D eigenvalue weighted by Crippen LogP contribution is 2.30. The third kappa shape index (κ3) is 3.86. The van der Waals surface area contributed by atoms with E-state index in [0.717, 1.165) is 71.9 Å². The van der Waals surface area contributed by atoms with Gasteiger partial charge in [0.25, 0.3) is 0 Å². The van der Waals surface area contributed by atoms with Crippen LogP contribution in [0.3, 0.4) is 0 Å². The van der Waals surface area contributed by atoms with E-state index in [-0.39, 0.29) is 12.1 Å². The quantitative estimate of drug-likeness (QED) is 0.479. The van der Waals surface area contributed by atoms with Crippen LogP contribution in [0.2, 0.25) is 0 Å². The number of hydrogen-bond acceptors (Lipinski definition) is 7. The molecule has 1 unspecified atom stereocenters. The van der Waals surface area contributed by atoms with Crippen molar-refractivity contribution in [2.75, 3.05) is 36.4 Å². The largest absolute Gasteiger partial charge is 0.362 e. The Hall–Kier alpha value is -3.26. The zero-order valence-electron chi connectivity index (χ0n) is 18.9. The number of hydrogen-bond donors (Lipinski definition) is 2. The van der Waals surface area contributed by atoms with Gasteiger partial charge in [0.05, 0.1) is 17.8 Å². The number of piperazine rings is 1. The number of nitrogens with zero attached hydrogens (tertiary/aromatic N) is 6. The second-order valence-electron chi connectivity index (χ2n) is 8.52. The van der Waals surface area contributed by atoms with Crippen LogP contribution in [0.25, 0.3) is 21.9 Å². The molecule has 5 rings (SSSR count). The molecular formula is C24H30N8. The Morgan fingerprint density at radius 1 is 1.06 bits per heavy atom. The molecule has 4 aromatic rings. The molecule has 1 aromatic carbocycles. The lowest BCUT2D eigenvalue weighted by Crippen LogP contribution is -2.44. The Balaban J connectivity index is 1.55. The maximum Gasteiger partial charge on any atom is 0.228 e. The molecule has 166 valence electrons. The van der Waals surface area contributed by atoms with Crippen molar-refractivity contribution < 1.29 is 0 Å². The highest BCUT2D eigenvalue weighted by atomic mass is 15.3. The molecule has 1 aliphatic heterocycles. The summed E-state index contributed by atoms with van der Waals surface area (Å²) in [5.41, 5.74) is 3.96. The van der Waals surface area contributed by atoms with Crippen LogP contribution in [0.5, 0.6) is 0 Å². The van der Waals surface area contributed by atoms with Crippen molar-refractivity contribution in [3.05, 3.63) is 48.3 Å².